The molecule has 0 aliphatic heterocycles. The number of rotatable bonds is 1. The average molecular weight is 319 g/mol. The maximum Gasteiger partial charge on any atom is -0.0171 e. The van der Waals surface area contributed by atoms with Crippen molar-refractivity contribution in [3.8, 4) is 0 Å². The fourth-order valence-corrected chi connectivity index (χ4v) is 9.86. The minimum Gasteiger partial charge on any atom is -0.0648 e. The first-order chi connectivity index (χ1) is 10.2. The van der Waals surface area contributed by atoms with Gasteiger partial charge in [0.15, 0.2) is 0 Å². The lowest BCUT2D eigenvalue weighted by Crippen LogP contribution is -2.92. The smallest absolute Gasteiger partial charge is 0.0171 e. The second-order valence-electron chi connectivity index (χ2n) is 11.3. The third-order valence-electron chi connectivity index (χ3n) is 12.9. The molecule has 3 aliphatic rings. The van der Waals surface area contributed by atoms with Gasteiger partial charge in [-0.15, -0.1) is 0 Å². The zero-order valence-electron chi connectivity index (χ0n) is 18.0. The second-order valence-corrected chi connectivity index (χ2v) is 11.3. The van der Waals surface area contributed by atoms with E-state index in [1.807, 2.05) is 0 Å². The Kier molecular flexibility index (Phi) is 3.13. The van der Waals surface area contributed by atoms with Crippen molar-refractivity contribution in [2.75, 3.05) is 0 Å². The summed E-state index contributed by atoms with van der Waals surface area (Å²) in [7, 11) is 0. The Morgan fingerprint density at radius 1 is 0.565 bits per heavy atom. The first kappa shape index (κ1) is 17.8. The van der Waals surface area contributed by atoms with Gasteiger partial charge in [0.05, 0.1) is 0 Å². The van der Waals surface area contributed by atoms with E-state index < -0.39 is 0 Å². The van der Waals surface area contributed by atoms with Crippen molar-refractivity contribution < 1.29 is 0 Å². The molecular formula is C23H42. The molecule has 0 aromatic carbocycles. The van der Waals surface area contributed by atoms with Gasteiger partial charge in [-0.1, -0.05) is 83.1 Å². The van der Waals surface area contributed by atoms with Crippen LogP contribution >= 0.6 is 0 Å². The Balaban J connectivity index is 2.28. The van der Waals surface area contributed by atoms with E-state index in [2.05, 4.69) is 83.1 Å². The number of fused-ring (bicyclic) bond motifs is 4. The van der Waals surface area contributed by atoms with Crippen LogP contribution in [0.2, 0.25) is 0 Å². The fourth-order valence-electron chi connectivity index (χ4n) is 9.86. The highest BCUT2D eigenvalue weighted by Crippen LogP contribution is 2.96. The molecule has 0 heteroatoms. The van der Waals surface area contributed by atoms with Crippen LogP contribution in [0.4, 0.5) is 0 Å². The number of hydrogen-bond donors (Lipinski definition) is 0. The van der Waals surface area contributed by atoms with E-state index in [1.165, 1.54) is 6.42 Å². The van der Waals surface area contributed by atoms with Crippen LogP contribution in [0, 0.1) is 56.2 Å². The second kappa shape index (κ2) is 4.04. The lowest BCUT2D eigenvalue weighted by molar-refractivity contribution is -0.493. The molecule has 3 fully saturated rings. The molecular weight excluding hydrogens is 276 g/mol. The molecule has 3 saturated carbocycles. The quantitative estimate of drug-likeness (QED) is 0.486. The first-order valence-corrected chi connectivity index (χ1v) is 10.2. The van der Waals surface area contributed by atoms with E-state index in [1.54, 1.807) is 0 Å². The maximum absolute atomic E-state index is 2.68. The molecule has 0 saturated heterocycles. The van der Waals surface area contributed by atoms with Gasteiger partial charge in [-0.2, -0.15) is 0 Å². The molecule has 23 heavy (non-hydrogen) atoms. The minimum absolute atomic E-state index is 0.387. The summed E-state index contributed by atoms with van der Waals surface area (Å²) < 4.78 is 0. The summed E-state index contributed by atoms with van der Waals surface area (Å²) in [5, 5.41) is 0. The van der Waals surface area contributed by atoms with Crippen LogP contribution in [-0.4, -0.2) is 0 Å². The van der Waals surface area contributed by atoms with E-state index in [0.29, 0.717) is 32.5 Å². The molecule has 9 atom stereocenters. The lowest BCUT2D eigenvalue weighted by atomic mass is 9.08. The molecule has 0 spiro atoms. The van der Waals surface area contributed by atoms with Gasteiger partial charge in [0.2, 0.25) is 0 Å². The predicted octanol–water partition coefficient (Wildman–Crippen LogP) is 7.04. The van der Waals surface area contributed by atoms with Crippen LogP contribution in [0.5, 0.6) is 0 Å². The van der Waals surface area contributed by atoms with Crippen molar-refractivity contribution in [2.24, 2.45) is 56.2 Å². The molecule has 0 nitrogen and oxygen atoms in total. The molecule has 3 rings (SSSR count). The highest BCUT2D eigenvalue weighted by atomic mass is 15.0. The topological polar surface area (TPSA) is 0 Å². The predicted molar refractivity (Wildman–Crippen MR) is 101 cm³/mol. The summed E-state index contributed by atoms with van der Waals surface area (Å²) in [5.41, 5.74) is 2.68. The van der Waals surface area contributed by atoms with E-state index in [0.717, 1.165) is 23.7 Å². The van der Waals surface area contributed by atoms with Crippen molar-refractivity contribution in [1.29, 1.82) is 0 Å². The van der Waals surface area contributed by atoms with Gasteiger partial charge in [0.25, 0.3) is 0 Å². The summed E-state index contributed by atoms with van der Waals surface area (Å²) >= 11 is 0. The summed E-state index contributed by atoms with van der Waals surface area (Å²) in [4.78, 5) is 0. The molecule has 9 unspecified atom stereocenters. The Labute approximate surface area is 146 Å². The van der Waals surface area contributed by atoms with Gasteiger partial charge in [0.1, 0.15) is 0 Å². The van der Waals surface area contributed by atoms with Gasteiger partial charge in [0, 0.05) is 0 Å². The summed E-state index contributed by atoms with van der Waals surface area (Å²) in [6.07, 6.45) is 1.30. The van der Waals surface area contributed by atoms with E-state index >= 15 is 0 Å². The van der Waals surface area contributed by atoms with Crippen molar-refractivity contribution in [2.45, 2.75) is 89.5 Å². The average Bonchev–Trinajstić information content (AvgIpc) is 2.53. The molecule has 0 aromatic heterocycles. The van der Waals surface area contributed by atoms with E-state index in [9.17, 15) is 0 Å². The van der Waals surface area contributed by atoms with Crippen molar-refractivity contribution in [3.63, 3.8) is 0 Å². The molecule has 0 heterocycles. The zero-order chi connectivity index (χ0) is 18.0. The molecule has 134 valence electrons. The highest BCUT2D eigenvalue weighted by Gasteiger charge is 2.92. The van der Waals surface area contributed by atoms with Gasteiger partial charge < -0.3 is 0 Å². The van der Waals surface area contributed by atoms with Crippen LogP contribution in [0.3, 0.4) is 0 Å². The van der Waals surface area contributed by atoms with Gasteiger partial charge in [-0.05, 0) is 62.6 Å². The SMILES string of the molecule is CCC1(C)C(C)C2(C)C3(C)C(C)C(C)C3(C)C2(C)C(C)C1(C)C. The van der Waals surface area contributed by atoms with Crippen LogP contribution in [0.15, 0.2) is 0 Å². The zero-order valence-corrected chi connectivity index (χ0v) is 18.0. The van der Waals surface area contributed by atoms with Gasteiger partial charge in [-0.25, -0.2) is 0 Å². The van der Waals surface area contributed by atoms with Crippen LogP contribution in [0.1, 0.15) is 89.5 Å². The Hall–Kier alpha value is 0. The largest absolute Gasteiger partial charge is 0.0648 e. The van der Waals surface area contributed by atoms with E-state index in [-0.39, 0.29) is 0 Å². The molecule has 0 aromatic rings. The van der Waals surface area contributed by atoms with Crippen LogP contribution in [-0.2, 0) is 0 Å². The Morgan fingerprint density at radius 3 is 1.26 bits per heavy atom. The normalized spacial score (nSPS) is 66.8. The van der Waals surface area contributed by atoms with E-state index in [4.69, 9.17) is 0 Å². The van der Waals surface area contributed by atoms with Crippen molar-refractivity contribution in [3.05, 3.63) is 0 Å². The first-order valence-electron chi connectivity index (χ1n) is 10.2. The third-order valence-corrected chi connectivity index (χ3v) is 12.9. The maximum atomic E-state index is 2.68. The summed E-state index contributed by atoms with van der Waals surface area (Å²) in [6, 6.07) is 0. The fraction of sp³-hybridized carbons (Fsp3) is 1.00. The van der Waals surface area contributed by atoms with Crippen LogP contribution in [0.25, 0.3) is 0 Å². The van der Waals surface area contributed by atoms with Crippen molar-refractivity contribution in [1.82, 2.24) is 0 Å². The van der Waals surface area contributed by atoms with Crippen LogP contribution < -0.4 is 0 Å². The molecule has 0 N–H and O–H groups in total. The molecule has 0 amide bonds. The van der Waals surface area contributed by atoms with Crippen molar-refractivity contribution >= 4 is 0 Å². The Morgan fingerprint density at radius 2 is 0.913 bits per heavy atom. The summed E-state index contributed by atoms with van der Waals surface area (Å²) in [5.74, 6) is 3.22. The van der Waals surface area contributed by atoms with Gasteiger partial charge >= 0.3 is 0 Å². The summed E-state index contributed by atoms with van der Waals surface area (Å²) in [6.45, 7) is 31.1. The molecule has 0 radical (unpaired) electrons. The van der Waals surface area contributed by atoms with Gasteiger partial charge in [-0.3, -0.25) is 0 Å². The highest BCUT2D eigenvalue weighted by molar-refractivity contribution is 5.39. The third kappa shape index (κ3) is 1.14. The lowest BCUT2D eigenvalue weighted by Gasteiger charge is -2.96. The minimum atomic E-state index is 0.387. The molecule has 3 aliphatic carbocycles. The molecule has 0 bridgehead atoms. The number of hydrogen-bond acceptors (Lipinski definition) is 0. The standard InChI is InChI=1S/C23H42/c1-13-19(8)17(5)23(12)21(10)15(3)14(2)20(21,9)22(23,11)16(4)18(19,6)7/h14-17H,13H2,1-12H3. The Bertz CT molecular complexity index is 546. The monoisotopic (exact) mass is 318 g/mol.